The molecule has 0 aliphatic heterocycles. The Labute approximate surface area is 81.9 Å². The third-order valence-corrected chi connectivity index (χ3v) is 4.14. The molecule has 0 aliphatic rings. The molecule has 0 bridgehead atoms. The Bertz CT molecular complexity index is 344. The van der Waals surface area contributed by atoms with E-state index in [1.165, 1.54) is 17.6 Å². The number of hydrogen-bond acceptors (Lipinski definition) is 4. The van der Waals surface area contributed by atoms with Crippen molar-refractivity contribution in [1.82, 2.24) is 0 Å². The fourth-order valence-corrected chi connectivity index (χ4v) is 2.95. The molecule has 1 heterocycles. The molecule has 0 atom stereocenters. The zero-order valence-corrected chi connectivity index (χ0v) is 8.93. The number of hydrogen-bond donors (Lipinski definition) is 1. The average Bonchev–Trinajstić information content (AvgIpc) is 2.31. The zero-order valence-electron chi connectivity index (χ0n) is 6.48. The maximum absolute atomic E-state index is 11.0. The van der Waals surface area contributed by atoms with E-state index in [1.807, 2.05) is 0 Å². The van der Waals surface area contributed by atoms with Crippen LogP contribution in [0.5, 0.6) is 0 Å². The molecule has 3 nitrogen and oxygen atoms in total. The molecule has 1 aromatic rings. The lowest BCUT2D eigenvalue weighted by atomic mass is 10.3. The van der Waals surface area contributed by atoms with Crippen LogP contribution in [0.15, 0.2) is 15.7 Å². The van der Waals surface area contributed by atoms with Crippen LogP contribution < -0.4 is 5.73 Å². The highest BCUT2D eigenvalue weighted by Crippen LogP contribution is 2.21. The quantitative estimate of drug-likeness (QED) is 0.821. The summed E-state index contributed by atoms with van der Waals surface area (Å²) in [6.45, 7) is 0.284. The van der Waals surface area contributed by atoms with Gasteiger partial charge in [0.1, 0.15) is 4.21 Å². The maximum Gasteiger partial charge on any atom is 0.185 e. The van der Waals surface area contributed by atoms with Crippen molar-refractivity contribution in [3.05, 3.63) is 17.0 Å². The molecule has 1 aromatic heterocycles. The first kappa shape index (κ1) is 11.9. The second-order valence-electron chi connectivity index (χ2n) is 2.21. The molecule has 0 spiro atoms. The van der Waals surface area contributed by atoms with Crippen molar-refractivity contribution in [2.24, 2.45) is 5.73 Å². The lowest BCUT2D eigenvalue weighted by Gasteiger charge is -1.95. The SMILES string of the molecule is CS(=O)(=O)c1sccc1CN.Cl. The fourth-order valence-electron chi connectivity index (χ4n) is 0.799. The van der Waals surface area contributed by atoms with Crippen LogP contribution in [0.25, 0.3) is 0 Å². The molecule has 0 radical (unpaired) electrons. The molecular weight excluding hydrogens is 218 g/mol. The van der Waals surface area contributed by atoms with Gasteiger partial charge < -0.3 is 5.73 Å². The van der Waals surface area contributed by atoms with E-state index in [9.17, 15) is 8.42 Å². The van der Waals surface area contributed by atoms with Crippen LogP contribution in [0.2, 0.25) is 0 Å². The van der Waals surface area contributed by atoms with E-state index in [-0.39, 0.29) is 19.0 Å². The van der Waals surface area contributed by atoms with Gasteiger partial charge in [0.25, 0.3) is 0 Å². The highest BCUT2D eigenvalue weighted by molar-refractivity contribution is 7.92. The number of nitrogens with two attached hydrogens (primary N) is 1. The summed E-state index contributed by atoms with van der Waals surface area (Å²) in [6, 6.07) is 1.74. The third kappa shape index (κ3) is 2.45. The second kappa shape index (κ2) is 4.23. The maximum atomic E-state index is 11.0. The van der Waals surface area contributed by atoms with E-state index in [0.29, 0.717) is 9.77 Å². The van der Waals surface area contributed by atoms with Crippen LogP contribution in [0.3, 0.4) is 0 Å². The van der Waals surface area contributed by atoms with Gasteiger partial charge in [-0.15, -0.1) is 23.7 Å². The summed E-state index contributed by atoms with van der Waals surface area (Å²) in [7, 11) is -3.06. The Balaban J connectivity index is 0.00000121. The van der Waals surface area contributed by atoms with Gasteiger partial charge in [0.05, 0.1) is 0 Å². The lowest BCUT2D eigenvalue weighted by Crippen LogP contribution is -2.02. The molecule has 2 N–H and O–H groups in total. The molecule has 0 saturated heterocycles. The Hall–Kier alpha value is -0.100. The van der Waals surface area contributed by atoms with Crippen LogP contribution in [0, 0.1) is 0 Å². The van der Waals surface area contributed by atoms with E-state index in [2.05, 4.69) is 0 Å². The highest BCUT2D eigenvalue weighted by Gasteiger charge is 2.12. The molecule has 1 rings (SSSR count). The monoisotopic (exact) mass is 227 g/mol. The summed E-state index contributed by atoms with van der Waals surface area (Å²) in [5, 5.41) is 1.73. The Morgan fingerprint density at radius 2 is 2.17 bits per heavy atom. The zero-order chi connectivity index (χ0) is 8.48. The third-order valence-electron chi connectivity index (χ3n) is 1.26. The normalized spacial score (nSPS) is 10.8. The molecule has 0 amide bonds. The first-order valence-corrected chi connectivity index (χ1v) is 5.79. The molecule has 6 heteroatoms. The molecule has 0 saturated carbocycles. The van der Waals surface area contributed by atoms with Crippen LogP contribution in [-0.2, 0) is 16.4 Å². The topological polar surface area (TPSA) is 60.2 Å². The van der Waals surface area contributed by atoms with Crippen LogP contribution in [0.4, 0.5) is 0 Å². The fraction of sp³-hybridized carbons (Fsp3) is 0.333. The molecule has 0 fully saturated rings. The van der Waals surface area contributed by atoms with Crippen molar-refractivity contribution in [2.45, 2.75) is 10.8 Å². The van der Waals surface area contributed by atoms with Crippen LogP contribution in [0.1, 0.15) is 5.56 Å². The second-order valence-corrected chi connectivity index (χ2v) is 5.34. The van der Waals surface area contributed by atoms with E-state index in [1.54, 1.807) is 11.4 Å². The van der Waals surface area contributed by atoms with Crippen molar-refractivity contribution in [3.63, 3.8) is 0 Å². The Morgan fingerprint density at radius 3 is 2.50 bits per heavy atom. The summed E-state index contributed by atoms with van der Waals surface area (Å²) in [6.07, 6.45) is 1.19. The smallest absolute Gasteiger partial charge is 0.185 e. The lowest BCUT2D eigenvalue weighted by molar-refractivity contribution is 0.603. The first-order chi connectivity index (χ1) is 5.05. The Kier molecular flexibility index (Phi) is 4.19. The van der Waals surface area contributed by atoms with Crippen molar-refractivity contribution in [3.8, 4) is 0 Å². The van der Waals surface area contributed by atoms with Gasteiger partial charge in [0.2, 0.25) is 0 Å². The van der Waals surface area contributed by atoms with E-state index < -0.39 is 9.84 Å². The molecule has 70 valence electrons. The van der Waals surface area contributed by atoms with Crippen LogP contribution >= 0.6 is 23.7 Å². The first-order valence-electron chi connectivity index (χ1n) is 3.02. The minimum atomic E-state index is -3.06. The van der Waals surface area contributed by atoms with Crippen molar-refractivity contribution in [1.29, 1.82) is 0 Å². The summed E-state index contributed by atoms with van der Waals surface area (Å²) in [5.41, 5.74) is 6.04. The van der Waals surface area contributed by atoms with Crippen molar-refractivity contribution < 1.29 is 8.42 Å². The number of thiophene rings is 1. The summed E-state index contributed by atoms with van der Waals surface area (Å²) in [4.78, 5) is 0. The van der Waals surface area contributed by atoms with Gasteiger partial charge in [0, 0.05) is 12.8 Å². The van der Waals surface area contributed by atoms with Gasteiger partial charge in [-0.2, -0.15) is 0 Å². The molecule has 12 heavy (non-hydrogen) atoms. The van der Waals surface area contributed by atoms with Gasteiger partial charge in [-0.1, -0.05) is 0 Å². The van der Waals surface area contributed by atoms with Crippen LogP contribution in [-0.4, -0.2) is 14.7 Å². The predicted molar refractivity (Wildman–Crippen MR) is 52.6 cm³/mol. The Morgan fingerprint density at radius 1 is 1.58 bits per heavy atom. The standard InChI is InChI=1S/C6H9NO2S2.ClH/c1-11(8,9)6-5(4-7)2-3-10-6;/h2-3H,4,7H2,1H3;1H. The molecule has 0 unspecified atom stereocenters. The number of halogens is 1. The predicted octanol–water partition coefficient (Wildman–Crippen LogP) is 1.03. The molecule has 0 aliphatic carbocycles. The summed E-state index contributed by atoms with van der Waals surface area (Å²) < 4.78 is 22.4. The van der Waals surface area contributed by atoms with Gasteiger partial charge in [-0.3, -0.25) is 0 Å². The van der Waals surface area contributed by atoms with Gasteiger partial charge in [-0.25, -0.2) is 8.42 Å². The largest absolute Gasteiger partial charge is 0.326 e. The van der Waals surface area contributed by atoms with Crippen molar-refractivity contribution >= 4 is 33.6 Å². The van der Waals surface area contributed by atoms with Crippen molar-refractivity contribution in [2.75, 3.05) is 6.26 Å². The average molecular weight is 228 g/mol. The highest BCUT2D eigenvalue weighted by atomic mass is 35.5. The number of rotatable bonds is 2. The van der Waals surface area contributed by atoms with E-state index >= 15 is 0 Å². The van der Waals surface area contributed by atoms with E-state index in [0.717, 1.165) is 0 Å². The van der Waals surface area contributed by atoms with Gasteiger partial charge >= 0.3 is 0 Å². The minimum absolute atomic E-state index is 0. The minimum Gasteiger partial charge on any atom is -0.326 e. The molecule has 0 aromatic carbocycles. The van der Waals surface area contributed by atoms with E-state index in [4.69, 9.17) is 5.73 Å². The van der Waals surface area contributed by atoms with Gasteiger partial charge in [-0.05, 0) is 17.0 Å². The summed E-state index contributed by atoms with van der Waals surface area (Å²) >= 11 is 1.21. The molecular formula is C6H10ClNO2S2. The van der Waals surface area contributed by atoms with Gasteiger partial charge in [0.15, 0.2) is 9.84 Å². The summed E-state index contributed by atoms with van der Waals surface area (Å²) in [5.74, 6) is 0. The number of sulfone groups is 1.